The summed E-state index contributed by atoms with van der Waals surface area (Å²) in [5, 5.41) is 0. The number of amides is 1. The molecule has 1 heterocycles. The van der Waals surface area contributed by atoms with E-state index < -0.39 is 0 Å². The summed E-state index contributed by atoms with van der Waals surface area (Å²) in [6, 6.07) is 12.0. The van der Waals surface area contributed by atoms with E-state index in [2.05, 4.69) is 23.1 Å². The topological polar surface area (TPSA) is 48.0 Å². The SMILES string of the molecule is COc1ccc([C@@H]2c3cc(OC)c(OC)cc3CCN2C(=O)CCC2CCCC2)cc1. The smallest absolute Gasteiger partial charge is 0.223 e. The van der Waals surface area contributed by atoms with Crippen LogP contribution in [-0.4, -0.2) is 38.7 Å². The van der Waals surface area contributed by atoms with Crippen LogP contribution in [0.25, 0.3) is 0 Å². The Kier molecular flexibility index (Phi) is 6.69. The highest BCUT2D eigenvalue weighted by Crippen LogP contribution is 2.42. The third-order valence-corrected chi connectivity index (χ3v) is 6.87. The van der Waals surface area contributed by atoms with E-state index in [0.29, 0.717) is 24.6 Å². The highest BCUT2D eigenvalue weighted by Gasteiger charge is 2.33. The molecule has 0 N–H and O–H groups in total. The Balaban J connectivity index is 1.68. The number of benzene rings is 2. The molecule has 31 heavy (non-hydrogen) atoms. The van der Waals surface area contributed by atoms with Gasteiger partial charge in [0.15, 0.2) is 11.5 Å². The fourth-order valence-corrected chi connectivity index (χ4v) is 5.13. The molecular weight excluding hydrogens is 390 g/mol. The first-order valence-electron chi connectivity index (χ1n) is 11.3. The number of hydrogen-bond donors (Lipinski definition) is 0. The first-order valence-corrected chi connectivity index (χ1v) is 11.3. The second-order valence-corrected chi connectivity index (χ2v) is 8.61. The Bertz CT molecular complexity index is 902. The molecule has 1 amide bonds. The molecule has 5 nitrogen and oxygen atoms in total. The Morgan fingerprint density at radius 1 is 0.968 bits per heavy atom. The highest BCUT2D eigenvalue weighted by molar-refractivity contribution is 5.78. The molecule has 5 heteroatoms. The van der Waals surface area contributed by atoms with E-state index in [1.54, 1.807) is 21.3 Å². The van der Waals surface area contributed by atoms with Gasteiger partial charge in [-0.3, -0.25) is 4.79 Å². The first kappa shape index (κ1) is 21.5. The highest BCUT2D eigenvalue weighted by atomic mass is 16.5. The molecule has 1 aliphatic carbocycles. The van der Waals surface area contributed by atoms with Crippen molar-refractivity contribution in [3.63, 3.8) is 0 Å². The average Bonchev–Trinajstić information content (AvgIpc) is 3.34. The second-order valence-electron chi connectivity index (χ2n) is 8.61. The Labute approximate surface area is 185 Å². The molecule has 1 aliphatic heterocycles. The zero-order chi connectivity index (χ0) is 21.8. The van der Waals surface area contributed by atoms with Crippen molar-refractivity contribution in [1.82, 2.24) is 4.90 Å². The largest absolute Gasteiger partial charge is 0.497 e. The lowest BCUT2D eigenvalue weighted by Gasteiger charge is -2.38. The van der Waals surface area contributed by atoms with Gasteiger partial charge in [0, 0.05) is 13.0 Å². The van der Waals surface area contributed by atoms with Crippen LogP contribution in [-0.2, 0) is 11.2 Å². The van der Waals surface area contributed by atoms with Crippen LogP contribution >= 0.6 is 0 Å². The fourth-order valence-electron chi connectivity index (χ4n) is 5.13. The summed E-state index contributed by atoms with van der Waals surface area (Å²) in [7, 11) is 4.98. The van der Waals surface area contributed by atoms with Crippen LogP contribution in [0.1, 0.15) is 61.3 Å². The van der Waals surface area contributed by atoms with E-state index in [-0.39, 0.29) is 11.9 Å². The number of rotatable bonds is 7. The maximum atomic E-state index is 13.4. The first-order chi connectivity index (χ1) is 15.1. The normalized spacial score (nSPS) is 18.5. The average molecular weight is 424 g/mol. The molecule has 2 aromatic carbocycles. The van der Waals surface area contributed by atoms with E-state index in [1.165, 1.54) is 31.2 Å². The monoisotopic (exact) mass is 423 g/mol. The molecule has 0 bridgehead atoms. The molecule has 4 rings (SSSR count). The molecule has 1 fully saturated rings. The maximum Gasteiger partial charge on any atom is 0.223 e. The van der Waals surface area contributed by atoms with Crippen molar-refractivity contribution in [2.75, 3.05) is 27.9 Å². The zero-order valence-electron chi connectivity index (χ0n) is 18.9. The molecule has 1 atom stereocenters. The summed E-state index contributed by atoms with van der Waals surface area (Å²) in [5.74, 6) is 3.19. The lowest BCUT2D eigenvalue weighted by Crippen LogP contribution is -2.40. The van der Waals surface area contributed by atoms with Crippen molar-refractivity contribution in [1.29, 1.82) is 0 Å². The Hall–Kier alpha value is -2.69. The molecule has 0 saturated heterocycles. The third kappa shape index (κ3) is 4.51. The molecule has 1 saturated carbocycles. The van der Waals surface area contributed by atoms with Gasteiger partial charge in [0.05, 0.1) is 27.4 Å². The number of nitrogens with zero attached hydrogens (tertiary/aromatic N) is 1. The zero-order valence-corrected chi connectivity index (χ0v) is 18.9. The van der Waals surface area contributed by atoms with Crippen molar-refractivity contribution in [2.24, 2.45) is 5.92 Å². The lowest BCUT2D eigenvalue weighted by atomic mass is 9.87. The maximum absolute atomic E-state index is 13.4. The lowest BCUT2D eigenvalue weighted by molar-refractivity contribution is -0.133. The number of fused-ring (bicyclic) bond motifs is 1. The van der Waals surface area contributed by atoms with Crippen LogP contribution < -0.4 is 14.2 Å². The number of carbonyl (C=O) groups excluding carboxylic acids is 1. The molecule has 0 spiro atoms. The van der Waals surface area contributed by atoms with Gasteiger partial charge in [-0.25, -0.2) is 0 Å². The molecule has 166 valence electrons. The van der Waals surface area contributed by atoms with Gasteiger partial charge in [-0.05, 0) is 59.7 Å². The summed E-state index contributed by atoms with van der Waals surface area (Å²) >= 11 is 0. The molecule has 0 radical (unpaired) electrons. The van der Waals surface area contributed by atoms with Gasteiger partial charge in [-0.2, -0.15) is 0 Å². The van der Waals surface area contributed by atoms with Gasteiger partial charge in [0.1, 0.15) is 5.75 Å². The van der Waals surface area contributed by atoms with Crippen LogP contribution in [0.2, 0.25) is 0 Å². The summed E-state index contributed by atoms with van der Waals surface area (Å²) in [6.07, 6.45) is 7.61. The minimum Gasteiger partial charge on any atom is -0.497 e. The van der Waals surface area contributed by atoms with Gasteiger partial charge in [-0.1, -0.05) is 37.8 Å². The van der Waals surface area contributed by atoms with Crippen molar-refractivity contribution in [3.8, 4) is 17.2 Å². The van der Waals surface area contributed by atoms with Gasteiger partial charge >= 0.3 is 0 Å². The number of ether oxygens (including phenoxy) is 3. The minimum atomic E-state index is -0.134. The Morgan fingerprint density at radius 3 is 2.29 bits per heavy atom. The van der Waals surface area contributed by atoms with Crippen LogP contribution in [0.4, 0.5) is 0 Å². The van der Waals surface area contributed by atoms with E-state index in [4.69, 9.17) is 14.2 Å². The van der Waals surface area contributed by atoms with E-state index >= 15 is 0 Å². The molecule has 2 aromatic rings. The predicted octanol–water partition coefficient (Wildman–Crippen LogP) is 5.16. The van der Waals surface area contributed by atoms with Gasteiger partial charge in [0.2, 0.25) is 5.91 Å². The summed E-state index contributed by atoms with van der Waals surface area (Å²) in [5.41, 5.74) is 3.41. The predicted molar refractivity (Wildman–Crippen MR) is 121 cm³/mol. The molecule has 2 aliphatic rings. The molecule has 0 unspecified atom stereocenters. The van der Waals surface area contributed by atoms with Crippen molar-refractivity contribution in [2.45, 2.75) is 51.0 Å². The summed E-state index contributed by atoms with van der Waals surface area (Å²) in [6.45, 7) is 0.711. The van der Waals surface area contributed by atoms with E-state index in [9.17, 15) is 4.79 Å². The van der Waals surface area contributed by atoms with Crippen molar-refractivity contribution >= 4 is 5.91 Å². The van der Waals surface area contributed by atoms with E-state index in [1.807, 2.05) is 18.2 Å². The third-order valence-electron chi connectivity index (χ3n) is 6.87. The van der Waals surface area contributed by atoms with Crippen molar-refractivity contribution in [3.05, 3.63) is 53.1 Å². The van der Waals surface area contributed by atoms with Gasteiger partial charge in [0.25, 0.3) is 0 Å². The standard InChI is InChI=1S/C26H33NO4/c1-29-21-11-9-19(10-12-21)26-22-17-24(31-3)23(30-2)16-20(22)14-15-27(26)25(28)13-8-18-6-4-5-7-18/h9-12,16-18,26H,4-8,13-15H2,1-3H3/t26-/m1/s1. The molecule has 0 aromatic heterocycles. The summed E-state index contributed by atoms with van der Waals surface area (Å²) < 4.78 is 16.5. The van der Waals surface area contributed by atoms with Crippen LogP contribution in [0, 0.1) is 5.92 Å². The van der Waals surface area contributed by atoms with Crippen LogP contribution in [0.3, 0.4) is 0 Å². The number of hydrogen-bond acceptors (Lipinski definition) is 4. The van der Waals surface area contributed by atoms with Gasteiger partial charge < -0.3 is 19.1 Å². The van der Waals surface area contributed by atoms with Crippen LogP contribution in [0.15, 0.2) is 36.4 Å². The van der Waals surface area contributed by atoms with Crippen LogP contribution in [0.5, 0.6) is 17.2 Å². The molecular formula is C26H33NO4. The van der Waals surface area contributed by atoms with Crippen molar-refractivity contribution < 1.29 is 19.0 Å². The number of methoxy groups -OCH3 is 3. The van der Waals surface area contributed by atoms with E-state index in [0.717, 1.165) is 35.5 Å². The quantitative estimate of drug-likeness (QED) is 0.617. The summed E-state index contributed by atoms with van der Waals surface area (Å²) in [4.78, 5) is 15.5. The fraction of sp³-hybridized carbons (Fsp3) is 0.500. The number of carbonyl (C=O) groups is 1. The van der Waals surface area contributed by atoms with Gasteiger partial charge in [-0.15, -0.1) is 0 Å². The second kappa shape index (κ2) is 9.63. The minimum absolute atomic E-state index is 0.134. The Morgan fingerprint density at radius 2 is 1.65 bits per heavy atom.